The third kappa shape index (κ3) is 1.75. The summed E-state index contributed by atoms with van der Waals surface area (Å²) in [6.45, 7) is 9.91. The van der Waals surface area contributed by atoms with Crippen molar-refractivity contribution in [1.29, 1.82) is 0 Å². The molecule has 0 aromatic rings. The minimum atomic E-state index is 0.900. The molecule has 2 nitrogen and oxygen atoms in total. The van der Waals surface area contributed by atoms with Crippen LogP contribution < -0.4 is 0 Å². The van der Waals surface area contributed by atoms with Gasteiger partial charge in [0, 0.05) is 25.2 Å². The van der Waals surface area contributed by atoms with Crippen molar-refractivity contribution < 1.29 is 0 Å². The van der Waals surface area contributed by atoms with Gasteiger partial charge in [-0.3, -0.25) is 9.80 Å². The molecular weight excluding hydrogens is 160 g/mol. The third-order valence-electron chi connectivity index (χ3n) is 3.49. The van der Waals surface area contributed by atoms with Crippen LogP contribution >= 0.6 is 0 Å². The van der Waals surface area contributed by atoms with Gasteiger partial charge in [0.15, 0.2) is 0 Å². The monoisotopic (exact) mass is 182 g/mol. The first kappa shape index (κ1) is 9.47. The van der Waals surface area contributed by atoms with E-state index >= 15 is 0 Å². The van der Waals surface area contributed by atoms with Crippen molar-refractivity contribution in [3.05, 3.63) is 0 Å². The van der Waals surface area contributed by atoms with E-state index in [4.69, 9.17) is 0 Å². The SMILES string of the molecule is CCCN1C[C@@H]2C[C@H]1CN2CCC. The minimum Gasteiger partial charge on any atom is -0.298 e. The lowest BCUT2D eigenvalue weighted by atomic mass is 10.2. The number of piperazine rings is 1. The van der Waals surface area contributed by atoms with E-state index in [1.807, 2.05) is 0 Å². The lowest BCUT2D eigenvalue weighted by molar-refractivity contribution is 0.128. The van der Waals surface area contributed by atoms with Crippen LogP contribution in [0.25, 0.3) is 0 Å². The molecule has 0 aliphatic carbocycles. The second kappa shape index (κ2) is 3.97. The highest BCUT2D eigenvalue weighted by molar-refractivity contribution is 4.99. The quantitative estimate of drug-likeness (QED) is 0.651. The fourth-order valence-corrected chi connectivity index (χ4v) is 2.95. The van der Waals surface area contributed by atoms with Crippen LogP contribution in [0, 0.1) is 0 Å². The molecule has 2 rings (SSSR count). The van der Waals surface area contributed by atoms with E-state index in [0.717, 1.165) is 12.1 Å². The van der Waals surface area contributed by atoms with Crippen molar-refractivity contribution in [2.75, 3.05) is 26.2 Å². The van der Waals surface area contributed by atoms with Crippen molar-refractivity contribution >= 4 is 0 Å². The summed E-state index contributed by atoms with van der Waals surface area (Å²) in [5, 5.41) is 0. The van der Waals surface area contributed by atoms with E-state index in [1.165, 1.54) is 45.4 Å². The van der Waals surface area contributed by atoms with E-state index in [2.05, 4.69) is 23.6 Å². The highest BCUT2D eigenvalue weighted by Gasteiger charge is 2.41. The summed E-state index contributed by atoms with van der Waals surface area (Å²) in [7, 11) is 0. The van der Waals surface area contributed by atoms with Crippen molar-refractivity contribution in [2.45, 2.75) is 45.2 Å². The Morgan fingerprint density at radius 3 is 1.69 bits per heavy atom. The molecule has 2 bridgehead atoms. The Bertz CT molecular complexity index is 151. The molecule has 0 amide bonds. The maximum atomic E-state index is 2.69. The van der Waals surface area contributed by atoms with Crippen molar-refractivity contribution in [3.63, 3.8) is 0 Å². The van der Waals surface area contributed by atoms with Crippen molar-refractivity contribution in [3.8, 4) is 0 Å². The van der Waals surface area contributed by atoms with E-state index in [1.54, 1.807) is 0 Å². The molecule has 2 aliphatic rings. The smallest absolute Gasteiger partial charge is 0.0239 e. The maximum Gasteiger partial charge on any atom is 0.0239 e. The second-order valence-corrected chi connectivity index (χ2v) is 4.53. The third-order valence-corrected chi connectivity index (χ3v) is 3.49. The van der Waals surface area contributed by atoms with Gasteiger partial charge in [-0.1, -0.05) is 13.8 Å². The summed E-state index contributed by atoms with van der Waals surface area (Å²) in [5.74, 6) is 0. The largest absolute Gasteiger partial charge is 0.298 e. The molecule has 2 heteroatoms. The van der Waals surface area contributed by atoms with E-state index < -0.39 is 0 Å². The molecule has 0 saturated carbocycles. The molecule has 2 heterocycles. The normalized spacial score (nSPS) is 34.6. The standard InChI is InChI=1S/C11H22N2/c1-3-5-12-8-11-7-10(12)9-13(11)6-4-2/h10-11H,3-9H2,1-2H3/t10-,11-/m0/s1. The Morgan fingerprint density at radius 1 is 0.923 bits per heavy atom. The fraction of sp³-hybridized carbons (Fsp3) is 1.00. The second-order valence-electron chi connectivity index (χ2n) is 4.53. The summed E-state index contributed by atoms with van der Waals surface area (Å²) in [6.07, 6.45) is 4.08. The Labute approximate surface area is 81.9 Å². The Hall–Kier alpha value is -0.0800. The molecule has 13 heavy (non-hydrogen) atoms. The van der Waals surface area contributed by atoms with Crippen molar-refractivity contribution in [2.24, 2.45) is 0 Å². The number of fused-ring (bicyclic) bond motifs is 2. The summed E-state index contributed by atoms with van der Waals surface area (Å²) < 4.78 is 0. The Kier molecular flexibility index (Phi) is 2.89. The lowest BCUT2D eigenvalue weighted by Gasteiger charge is -2.33. The summed E-state index contributed by atoms with van der Waals surface area (Å²) in [4.78, 5) is 5.38. The first-order chi connectivity index (χ1) is 6.35. The van der Waals surface area contributed by atoms with E-state index in [-0.39, 0.29) is 0 Å². The molecular formula is C11H22N2. The molecule has 2 fully saturated rings. The lowest BCUT2D eigenvalue weighted by Crippen LogP contribution is -2.46. The van der Waals surface area contributed by atoms with Gasteiger partial charge in [0.1, 0.15) is 0 Å². The van der Waals surface area contributed by atoms with Crippen LogP contribution in [0.3, 0.4) is 0 Å². The van der Waals surface area contributed by atoms with Gasteiger partial charge in [0.05, 0.1) is 0 Å². The number of hydrogen-bond acceptors (Lipinski definition) is 2. The molecule has 0 radical (unpaired) electrons. The number of nitrogens with zero attached hydrogens (tertiary/aromatic N) is 2. The minimum absolute atomic E-state index is 0.900. The summed E-state index contributed by atoms with van der Waals surface area (Å²) in [5.41, 5.74) is 0. The molecule has 2 aliphatic heterocycles. The first-order valence-electron chi connectivity index (χ1n) is 5.83. The maximum absolute atomic E-state index is 2.69. The van der Waals surface area contributed by atoms with Crippen LogP contribution in [0.15, 0.2) is 0 Å². The topological polar surface area (TPSA) is 6.48 Å². The zero-order valence-electron chi connectivity index (χ0n) is 9.00. The molecule has 0 aromatic carbocycles. The number of hydrogen-bond donors (Lipinski definition) is 0. The molecule has 76 valence electrons. The molecule has 2 atom stereocenters. The average molecular weight is 182 g/mol. The van der Waals surface area contributed by atoms with Gasteiger partial charge in [-0.15, -0.1) is 0 Å². The van der Waals surface area contributed by atoms with Crippen LogP contribution in [0.2, 0.25) is 0 Å². The van der Waals surface area contributed by atoms with Gasteiger partial charge in [-0.2, -0.15) is 0 Å². The van der Waals surface area contributed by atoms with Crippen LogP contribution in [0.1, 0.15) is 33.1 Å². The summed E-state index contributed by atoms with van der Waals surface area (Å²) >= 11 is 0. The van der Waals surface area contributed by atoms with Crippen LogP contribution in [-0.2, 0) is 0 Å². The molecule has 0 aromatic heterocycles. The first-order valence-corrected chi connectivity index (χ1v) is 5.83. The van der Waals surface area contributed by atoms with Crippen molar-refractivity contribution in [1.82, 2.24) is 9.80 Å². The van der Waals surface area contributed by atoms with Gasteiger partial charge >= 0.3 is 0 Å². The molecule has 0 spiro atoms. The van der Waals surface area contributed by atoms with E-state index in [9.17, 15) is 0 Å². The fourth-order valence-electron chi connectivity index (χ4n) is 2.95. The molecule has 0 unspecified atom stereocenters. The van der Waals surface area contributed by atoms with Gasteiger partial charge in [-0.25, -0.2) is 0 Å². The van der Waals surface area contributed by atoms with Crippen LogP contribution in [0.5, 0.6) is 0 Å². The molecule has 0 N–H and O–H groups in total. The number of rotatable bonds is 4. The number of likely N-dealkylation sites (tertiary alicyclic amines) is 2. The predicted octanol–water partition coefficient (Wildman–Crippen LogP) is 1.56. The van der Waals surface area contributed by atoms with Gasteiger partial charge < -0.3 is 0 Å². The van der Waals surface area contributed by atoms with Gasteiger partial charge in [-0.05, 0) is 32.4 Å². The highest BCUT2D eigenvalue weighted by atomic mass is 15.3. The zero-order valence-corrected chi connectivity index (χ0v) is 9.00. The summed E-state index contributed by atoms with van der Waals surface area (Å²) in [6, 6.07) is 1.80. The highest BCUT2D eigenvalue weighted by Crippen LogP contribution is 2.30. The molecule has 2 saturated heterocycles. The predicted molar refractivity (Wildman–Crippen MR) is 55.9 cm³/mol. The van der Waals surface area contributed by atoms with Gasteiger partial charge in [0.25, 0.3) is 0 Å². The average Bonchev–Trinajstić information content (AvgIpc) is 2.65. The van der Waals surface area contributed by atoms with E-state index in [0.29, 0.717) is 0 Å². The van der Waals surface area contributed by atoms with Crippen LogP contribution in [-0.4, -0.2) is 48.1 Å². The van der Waals surface area contributed by atoms with Crippen LogP contribution in [0.4, 0.5) is 0 Å². The Morgan fingerprint density at radius 2 is 1.38 bits per heavy atom. The zero-order chi connectivity index (χ0) is 9.26. The van der Waals surface area contributed by atoms with Gasteiger partial charge in [0.2, 0.25) is 0 Å². The Balaban J connectivity index is 1.84.